The molecule has 3 saturated heterocycles. The van der Waals surface area contributed by atoms with Gasteiger partial charge in [0.05, 0.1) is 34.2 Å². The van der Waals surface area contributed by atoms with Crippen molar-refractivity contribution in [3.05, 3.63) is 54.7 Å². The Morgan fingerprint density at radius 3 is 2.69 bits per heavy atom. The van der Waals surface area contributed by atoms with Crippen LogP contribution in [0, 0.1) is 5.82 Å². The van der Waals surface area contributed by atoms with Gasteiger partial charge >= 0.3 is 0 Å². The molecule has 0 saturated carbocycles. The Labute approximate surface area is 226 Å². The number of rotatable bonds is 7. The van der Waals surface area contributed by atoms with Crippen LogP contribution in [0.1, 0.15) is 20.3 Å². The Balaban J connectivity index is 1.40. The highest BCUT2D eigenvalue weighted by molar-refractivity contribution is 5.98. The number of amides is 1. The summed E-state index contributed by atoms with van der Waals surface area (Å²) in [6.07, 6.45) is 4.05. The largest absolute Gasteiger partial charge is 0.488 e. The van der Waals surface area contributed by atoms with Gasteiger partial charge in [0.2, 0.25) is 5.91 Å². The number of likely N-dealkylation sites (N-methyl/N-ethyl adjacent to an activating group) is 1. The summed E-state index contributed by atoms with van der Waals surface area (Å²) in [5, 5.41) is 4.31. The molecule has 3 aliphatic heterocycles. The molecule has 5 heterocycles. The smallest absolute Gasteiger partial charge is 0.220 e. The van der Waals surface area contributed by atoms with Crippen LogP contribution < -0.4 is 15.0 Å². The third kappa shape index (κ3) is 4.69. The van der Waals surface area contributed by atoms with Gasteiger partial charge in [0, 0.05) is 49.9 Å². The summed E-state index contributed by atoms with van der Waals surface area (Å²) in [6, 6.07) is 11.4. The molecule has 1 amide bonds. The molecule has 0 radical (unpaired) electrons. The topological polar surface area (TPSA) is 86.7 Å². The average molecular weight is 530 g/mol. The minimum Gasteiger partial charge on any atom is -0.488 e. The fourth-order valence-electron chi connectivity index (χ4n) is 5.95. The number of nitrogens with zero attached hydrogens (tertiary/aromatic N) is 6. The molecule has 3 aliphatic rings. The number of fused-ring (bicyclic) bond motifs is 4. The number of carbonyl (C=O) groups excluding carboxylic acids is 1. The highest BCUT2D eigenvalue weighted by Crippen LogP contribution is 2.40. The SMILES string of the molecule is CC(=O)N1C2CC1CN(c1cc(O[C@H](C)CN(C)C)c3c(Nc4ccc5ncccc5c4F)ncnc3c1)C2. The Morgan fingerprint density at radius 1 is 1.15 bits per heavy atom. The zero-order valence-corrected chi connectivity index (χ0v) is 22.6. The quantitative estimate of drug-likeness (QED) is 0.381. The molecule has 0 spiro atoms. The van der Waals surface area contributed by atoms with E-state index in [1.54, 1.807) is 37.4 Å². The van der Waals surface area contributed by atoms with Crippen LogP contribution in [0.2, 0.25) is 0 Å². The van der Waals surface area contributed by atoms with E-state index in [1.165, 1.54) is 6.33 Å². The van der Waals surface area contributed by atoms with Crippen LogP contribution in [0.4, 0.5) is 21.6 Å². The second kappa shape index (κ2) is 9.92. The number of piperazine rings is 1. The van der Waals surface area contributed by atoms with E-state index in [2.05, 4.69) is 30.1 Å². The van der Waals surface area contributed by atoms with E-state index < -0.39 is 5.82 Å². The lowest BCUT2D eigenvalue weighted by Crippen LogP contribution is -2.70. The predicted octanol–water partition coefficient (Wildman–Crippen LogP) is 4.20. The standard InChI is InChI=1S/C29H32FN7O2/c1-17(13-35(3)4)39-26-12-19(36-14-20-10-21(15-36)37(20)18(2)38)11-25-27(26)29(33-16-32-25)34-24-8-7-23-22(28(24)30)6-5-9-31-23/h5-9,11-12,16-17,20-21H,10,13-15H2,1-4H3,(H,32,33,34)/t17-,20?,21?/m1/s1. The maximum absolute atomic E-state index is 15.4. The molecule has 3 fully saturated rings. The fourth-order valence-corrected chi connectivity index (χ4v) is 5.95. The van der Waals surface area contributed by atoms with E-state index in [9.17, 15) is 4.79 Å². The lowest BCUT2D eigenvalue weighted by atomic mass is 9.87. The number of piperidine rings is 1. The number of carbonyl (C=O) groups is 1. The van der Waals surface area contributed by atoms with Crippen LogP contribution in [0.3, 0.4) is 0 Å². The van der Waals surface area contributed by atoms with Crippen molar-refractivity contribution in [1.29, 1.82) is 0 Å². The van der Waals surface area contributed by atoms with E-state index in [4.69, 9.17) is 4.74 Å². The van der Waals surface area contributed by atoms with E-state index in [0.717, 1.165) is 31.7 Å². The number of anilines is 3. The number of aromatic nitrogens is 3. The van der Waals surface area contributed by atoms with Gasteiger partial charge in [0.1, 0.15) is 24.0 Å². The number of hydrogen-bond acceptors (Lipinski definition) is 8. The Kier molecular flexibility index (Phi) is 6.42. The third-order valence-corrected chi connectivity index (χ3v) is 7.53. The summed E-state index contributed by atoms with van der Waals surface area (Å²) in [5.41, 5.74) is 2.57. The highest BCUT2D eigenvalue weighted by atomic mass is 19.1. The van der Waals surface area contributed by atoms with Crippen molar-refractivity contribution in [2.45, 2.75) is 38.5 Å². The molecule has 39 heavy (non-hydrogen) atoms. The van der Waals surface area contributed by atoms with Crippen molar-refractivity contribution in [3.8, 4) is 5.75 Å². The van der Waals surface area contributed by atoms with Crippen molar-refractivity contribution in [2.75, 3.05) is 43.9 Å². The second-order valence-corrected chi connectivity index (χ2v) is 10.7. The molecule has 2 aromatic carbocycles. The lowest BCUT2D eigenvalue weighted by Gasteiger charge is -2.56. The molecule has 202 valence electrons. The zero-order chi connectivity index (χ0) is 27.3. The normalized spacial score (nSPS) is 19.3. The number of benzene rings is 2. The van der Waals surface area contributed by atoms with Crippen LogP contribution in [0.25, 0.3) is 21.8 Å². The lowest BCUT2D eigenvalue weighted by molar-refractivity contribution is -0.143. The van der Waals surface area contributed by atoms with E-state index >= 15 is 4.39 Å². The minimum absolute atomic E-state index is 0.113. The highest BCUT2D eigenvalue weighted by Gasteiger charge is 2.46. The summed E-state index contributed by atoms with van der Waals surface area (Å²) in [6.45, 7) is 5.91. The number of ether oxygens (including phenoxy) is 1. The summed E-state index contributed by atoms with van der Waals surface area (Å²) >= 11 is 0. The molecular formula is C29H32FN7O2. The summed E-state index contributed by atoms with van der Waals surface area (Å²) in [5.74, 6) is 0.835. The molecular weight excluding hydrogens is 497 g/mol. The minimum atomic E-state index is -0.394. The van der Waals surface area contributed by atoms with Crippen LogP contribution in [0.15, 0.2) is 48.9 Å². The number of halogens is 1. The van der Waals surface area contributed by atoms with Crippen molar-refractivity contribution >= 4 is 44.9 Å². The number of hydrogen-bond donors (Lipinski definition) is 1. The summed E-state index contributed by atoms with van der Waals surface area (Å²) in [4.78, 5) is 31.7. The number of nitrogens with one attached hydrogen (secondary N) is 1. The second-order valence-electron chi connectivity index (χ2n) is 10.7. The average Bonchev–Trinajstić information content (AvgIpc) is 2.89. The van der Waals surface area contributed by atoms with Gasteiger partial charge in [-0.3, -0.25) is 9.78 Å². The zero-order valence-electron chi connectivity index (χ0n) is 22.6. The monoisotopic (exact) mass is 529 g/mol. The van der Waals surface area contributed by atoms with Crippen LogP contribution >= 0.6 is 0 Å². The molecule has 7 rings (SSSR count). The molecule has 1 N–H and O–H groups in total. The van der Waals surface area contributed by atoms with Crippen LogP contribution in [-0.4, -0.2) is 82.6 Å². The van der Waals surface area contributed by atoms with Crippen LogP contribution in [0.5, 0.6) is 5.75 Å². The molecule has 3 atom stereocenters. The first-order valence-electron chi connectivity index (χ1n) is 13.2. The van der Waals surface area contributed by atoms with E-state index in [1.807, 2.05) is 38.1 Å². The summed E-state index contributed by atoms with van der Waals surface area (Å²) in [7, 11) is 4.01. The van der Waals surface area contributed by atoms with Gasteiger partial charge in [0.15, 0.2) is 5.82 Å². The predicted molar refractivity (Wildman–Crippen MR) is 150 cm³/mol. The molecule has 2 bridgehead atoms. The Hall–Kier alpha value is -4.05. The molecule has 2 aromatic heterocycles. The molecule has 10 heteroatoms. The maximum Gasteiger partial charge on any atom is 0.220 e. The number of pyridine rings is 1. The Morgan fingerprint density at radius 2 is 1.95 bits per heavy atom. The van der Waals surface area contributed by atoms with Gasteiger partial charge in [-0.2, -0.15) is 0 Å². The van der Waals surface area contributed by atoms with Crippen LogP contribution in [-0.2, 0) is 4.79 Å². The van der Waals surface area contributed by atoms with Gasteiger partial charge in [-0.1, -0.05) is 0 Å². The summed E-state index contributed by atoms with van der Waals surface area (Å²) < 4.78 is 21.9. The van der Waals surface area contributed by atoms with Gasteiger partial charge in [-0.25, -0.2) is 14.4 Å². The molecule has 2 unspecified atom stereocenters. The fraction of sp³-hybridized carbons (Fsp3) is 0.379. The third-order valence-electron chi connectivity index (χ3n) is 7.53. The van der Waals surface area contributed by atoms with Crippen molar-refractivity contribution < 1.29 is 13.9 Å². The van der Waals surface area contributed by atoms with Crippen molar-refractivity contribution in [1.82, 2.24) is 24.8 Å². The first kappa shape index (κ1) is 25.2. The first-order valence-corrected chi connectivity index (χ1v) is 13.2. The van der Waals surface area contributed by atoms with Gasteiger partial charge < -0.3 is 24.8 Å². The molecule has 4 aromatic rings. The first-order chi connectivity index (χ1) is 18.8. The van der Waals surface area contributed by atoms with E-state index in [0.29, 0.717) is 39.1 Å². The van der Waals surface area contributed by atoms with Gasteiger partial charge in [-0.05, 0) is 57.8 Å². The molecule has 0 aliphatic carbocycles. The van der Waals surface area contributed by atoms with E-state index in [-0.39, 0.29) is 24.1 Å². The maximum atomic E-state index is 15.4. The van der Waals surface area contributed by atoms with Crippen molar-refractivity contribution in [3.63, 3.8) is 0 Å². The van der Waals surface area contributed by atoms with Gasteiger partial charge in [0.25, 0.3) is 0 Å². The Bertz CT molecular complexity index is 1550. The molecule has 9 nitrogen and oxygen atoms in total. The van der Waals surface area contributed by atoms with Crippen molar-refractivity contribution in [2.24, 2.45) is 0 Å². The van der Waals surface area contributed by atoms with Gasteiger partial charge in [-0.15, -0.1) is 0 Å².